The molecule has 2 N–H and O–H groups in total. The van der Waals surface area contributed by atoms with Gasteiger partial charge in [0.2, 0.25) is 0 Å². The fourth-order valence-corrected chi connectivity index (χ4v) is 1.90. The molecule has 2 rings (SSSR count). The molecule has 1 aromatic rings. The average Bonchev–Trinajstić information content (AvgIpc) is 3.04. The van der Waals surface area contributed by atoms with E-state index in [1.165, 1.54) is 12.8 Å². The van der Waals surface area contributed by atoms with E-state index in [4.69, 9.17) is 22.1 Å². The Morgan fingerprint density at radius 2 is 2.25 bits per heavy atom. The number of rotatable bonds is 5. The highest BCUT2D eigenvalue weighted by molar-refractivity contribution is 6.32. The maximum Gasteiger partial charge on any atom is 0.137 e. The second-order valence-corrected chi connectivity index (χ2v) is 4.97. The Labute approximate surface area is 102 Å². The molecular weight excluding hydrogens is 222 g/mol. The third-order valence-electron chi connectivity index (χ3n) is 2.96. The molecule has 16 heavy (non-hydrogen) atoms. The van der Waals surface area contributed by atoms with Crippen molar-refractivity contribution < 1.29 is 4.74 Å². The largest absolute Gasteiger partial charge is 0.492 e. The second-order valence-electron chi connectivity index (χ2n) is 4.56. The summed E-state index contributed by atoms with van der Waals surface area (Å²) < 4.78 is 5.65. The normalized spacial score (nSPS) is 17.2. The van der Waals surface area contributed by atoms with Crippen molar-refractivity contribution in [1.82, 2.24) is 0 Å². The highest BCUT2D eigenvalue weighted by Gasteiger charge is 2.20. The second kappa shape index (κ2) is 5.07. The number of nitrogens with two attached hydrogens (primary N) is 1. The van der Waals surface area contributed by atoms with Crippen LogP contribution in [0.5, 0.6) is 5.75 Å². The van der Waals surface area contributed by atoms with Crippen molar-refractivity contribution in [2.75, 3.05) is 6.61 Å². The van der Waals surface area contributed by atoms with E-state index in [2.05, 4.69) is 0 Å². The number of halogens is 1. The van der Waals surface area contributed by atoms with E-state index in [-0.39, 0.29) is 6.04 Å². The molecule has 0 heterocycles. The summed E-state index contributed by atoms with van der Waals surface area (Å²) in [6.45, 7) is 2.71. The minimum Gasteiger partial charge on any atom is -0.492 e. The van der Waals surface area contributed by atoms with Gasteiger partial charge in [0.25, 0.3) is 0 Å². The van der Waals surface area contributed by atoms with Gasteiger partial charge in [-0.1, -0.05) is 30.5 Å². The topological polar surface area (TPSA) is 35.2 Å². The van der Waals surface area contributed by atoms with E-state index in [0.29, 0.717) is 5.02 Å². The molecule has 0 unspecified atom stereocenters. The van der Waals surface area contributed by atoms with Crippen molar-refractivity contribution in [2.24, 2.45) is 11.7 Å². The van der Waals surface area contributed by atoms with E-state index >= 15 is 0 Å². The fraction of sp³-hybridized carbons (Fsp3) is 0.538. The Hall–Kier alpha value is -0.730. The maximum absolute atomic E-state index is 6.12. The van der Waals surface area contributed by atoms with Crippen LogP contribution in [0.1, 0.15) is 37.8 Å². The average molecular weight is 240 g/mol. The van der Waals surface area contributed by atoms with Crippen LogP contribution in [0.15, 0.2) is 18.2 Å². The van der Waals surface area contributed by atoms with E-state index < -0.39 is 0 Å². The standard InChI is InChI=1S/C13H18ClNO/c1-9(15)11-4-5-13(12(14)8-11)16-7-6-10-2-3-10/h4-5,8-10H,2-3,6-7,15H2,1H3/t9-/m0/s1. The predicted octanol–water partition coefficient (Wildman–Crippen LogP) is 3.54. The van der Waals surface area contributed by atoms with Crippen LogP contribution >= 0.6 is 11.6 Å². The molecular formula is C13H18ClNO. The lowest BCUT2D eigenvalue weighted by atomic mass is 10.1. The van der Waals surface area contributed by atoms with Crippen LogP contribution in [0.25, 0.3) is 0 Å². The van der Waals surface area contributed by atoms with Gasteiger partial charge in [-0.05, 0) is 37.0 Å². The molecule has 0 aliphatic heterocycles. The minimum absolute atomic E-state index is 0.0121. The predicted molar refractivity (Wildman–Crippen MR) is 66.9 cm³/mol. The lowest BCUT2D eigenvalue weighted by Crippen LogP contribution is -2.05. The maximum atomic E-state index is 6.12. The van der Waals surface area contributed by atoms with Crippen molar-refractivity contribution in [3.8, 4) is 5.75 Å². The van der Waals surface area contributed by atoms with Crippen molar-refractivity contribution in [3.05, 3.63) is 28.8 Å². The van der Waals surface area contributed by atoms with Gasteiger partial charge in [-0.25, -0.2) is 0 Å². The molecule has 0 saturated heterocycles. The molecule has 0 bridgehead atoms. The number of benzene rings is 1. The highest BCUT2D eigenvalue weighted by atomic mass is 35.5. The number of hydrogen-bond acceptors (Lipinski definition) is 2. The van der Waals surface area contributed by atoms with Gasteiger partial charge >= 0.3 is 0 Å². The summed E-state index contributed by atoms with van der Waals surface area (Å²) in [7, 11) is 0. The molecule has 0 spiro atoms. The van der Waals surface area contributed by atoms with Gasteiger partial charge < -0.3 is 10.5 Å². The molecule has 0 radical (unpaired) electrons. The van der Waals surface area contributed by atoms with Crippen molar-refractivity contribution in [2.45, 2.75) is 32.2 Å². The molecule has 1 aliphatic carbocycles. The first kappa shape index (κ1) is 11.7. The SMILES string of the molecule is C[C@H](N)c1ccc(OCCC2CC2)c(Cl)c1. The van der Waals surface area contributed by atoms with Crippen LogP contribution in [-0.2, 0) is 0 Å². The third kappa shape index (κ3) is 3.13. The van der Waals surface area contributed by atoms with Gasteiger partial charge in [0.1, 0.15) is 5.75 Å². The smallest absolute Gasteiger partial charge is 0.137 e. The van der Waals surface area contributed by atoms with Gasteiger partial charge in [-0.15, -0.1) is 0 Å². The molecule has 1 fully saturated rings. The molecule has 2 nitrogen and oxygen atoms in total. The summed E-state index contributed by atoms with van der Waals surface area (Å²) in [5.41, 5.74) is 6.82. The molecule has 1 aromatic carbocycles. The Morgan fingerprint density at radius 1 is 1.50 bits per heavy atom. The quantitative estimate of drug-likeness (QED) is 0.853. The first-order valence-electron chi connectivity index (χ1n) is 5.84. The van der Waals surface area contributed by atoms with Crippen LogP contribution in [0.2, 0.25) is 5.02 Å². The molecule has 88 valence electrons. The molecule has 1 atom stereocenters. The first-order chi connectivity index (χ1) is 7.66. The molecule has 1 aliphatic rings. The molecule has 0 aromatic heterocycles. The Kier molecular flexibility index (Phi) is 3.72. The van der Waals surface area contributed by atoms with E-state index in [9.17, 15) is 0 Å². The summed E-state index contributed by atoms with van der Waals surface area (Å²) in [5.74, 6) is 1.66. The van der Waals surface area contributed by atoms with Gasteiger partial charge in [0.15, 0.2) is 0 Å². The van der Waals surface area contributed by atoms with Crippen molar-refractivity contribution >= 4 is 11.6 Å². The Morgan fingerprint density at radius 3 is 2.81 bits per heavy atom. The van der Waals surface area contributed by atoms with Gasteiger partial charge in [0, 0.05) is 6.04 Å². The third-order valence-corrected chi connectivity index (χ3v) is 3.26. The lowest BCUT2D eigenvalue weighted by Gasteiger charge is -2.11. The van der Waals surface area contributed by atoms with Crippen LogP contribution < -0.4 is 10.5 Å². The first-order valence-corrected chi connectivity index (χ1v) is 6.22. The Balaban J connectivity index is 1.92. The molecule has 0 amide bonds. The number of hydrogen-bond donors (Lipinski definition) is 1. The fourth-order valence-electron chi connectivity index (χ4n) is 1.66. The minimum atomic E-state index is 0.0121. The van der Waals surface area contributed by atoms with Crippen LogP contribution in [0.3, 0.4) is 0 Å². The molecule has 3 heteroatoms. The zero-order valence-corrected chi connectivity index (χ0v) is 10.3. The van der Waals surface area contributed by atoms with Crippen LogP contribution in [-0.4, -0.2) is 6.61 Å². The van der Waals surface area contributed by atoms with Crippen LogP contribution in [0.4, 0.5) is 0 Å². The van der Waals surface area contributed by atoms with Crippen LogP contribution in [0, 0.1) is 5.92 Å². The monoisotopic (exact) mass is 239 g/mol. The van der Waals surface area contributed by atoms with Crippen molar-refractivity contribution in [1.29, 1.82) is 0 Å². The summed E-state index contributed by atoms with van der Waals surface area (Å²) in [6.07, 6.45) is 3.87. The molecule has 1 saturated carbocycles. The highest BCUT2D eigenvalue weighted by Crippen LogP contribution is 2.33. The van der Waals surface area contributed by atoms with Gasteiger partial charge in [-0.2, -0.15) is 0 Å². The Bertz CT molecular complexity index is 361. The van der Waals surface area contributed by atoms with E-state index in [0.717, 1.165) is 30.3 Å². The zero-order chi connectivity index (χ0) is 11.5. The zero-order valence-electron chi connectivity index (χ0n) is 9.58. The van der Waals surface area contributed by atoms with Crippen molar-refractivity contribution in [3.63, 3.8) is 0 Å². The summed E-state index contributed by atoms with van der Waals surface area (Å²) in [5, 5.41) is 0.658. The summed E-state index contributed by atoms with van der Waals surface area (Å²) in [6, 6.07) is 5.79. The number of ether oxygens (including phenoxy) is 1. The van der Waals surface area contributed by atoms with Gasteiger partial charge in [0.05, 0.1) is 11.6 Å². The summed E-state index contributed by atoms with van der Waals surface area (Å²) in [4.78, 5) is 0. The van der Waals surface area contributed by atoms with Gasteiger partial charge in [-0.3, -0.25) is 0 Å². The summed E-state index contributed by atoms with van der Waals surface area (Å²) >= 11 is 6.12. The van der Waals surface area contributed by atoms with E-state index in [1.54, 1.807) is 0 Å². The lowest BCUT2D eigenvalue weighted by molar-refractivity contribution is 0.302. The van der Waals surface area contributed by atoms with E-state index in [1.807, 2.05) is 25.1 Å².